The molecule has 5 heteroatoms. The lowest BCUT2D eigenvalue weighted by atomic mass is 9.94. The maximum Gasteiger partial charge on any atom is 0.221 e. The fourth-order valence-electron chi connectivity index (χ4n) is 3.48. The molecule has 0 aromatic rings. The SMILES string of the molecule is CC.CCCC(N)=O.CCCCNC(=O)CCN1CCCC1C(C)CCCC. The Kier molecular flexibility index (Phi) is 21.4. The molecule has 1 heterocycles. The molecule has 0 spiro atoms. The van der Waals surface area contributed by atoms with E-state index in [0.717, 1.165) is 38.3 Å². The first-order valence-electron chi connectivity index (χ1n) is 11.7. The number of amides is 2. The number of carbonyl (C=O) groups is 2. The van der Waals surface area contributed by atoms with Crippen molar-refractivity contribution in [2.45, 2.75) is 112 Å². The number of nitrogens with zero attached hydrogens (tertiary/aromatic N) is 1. The molecule has 28 heavy (non-hydrogen) atoms. The van der Waals surface area contributed by atoms with Gasteiger partial charge in [-0.3, -0.25) is 14.5 Å². The molecule has 3 N–H and O–H groups in total. The lowest BCUT2D eigenvalue weighted by Crippen LogP contribution is -2.37. The van der Waals surface area contributed by atoms with Gasteiger partial charge in [0, 0.05) is 32.0 Å². The maximum atomic E-state index is 11.8. The highest BCUT2D eigenvalue weighted by atomic mass is 16.1. The largest absolute Gasteiger partial charge is 0.370 e. The summed E-state index contributed by atoms with van der Waals surface area (Å²) in [5.74, 6) is 0.795. The molecule has 2 unspecified atom stereocenters. The Hall–Kier alpha value is -1.10. The Morgan fingerprint density at radius 2 is 1.71 bits per heavy atom. The van der Waals surface area contributed by atoms with Crippen LogP contribution in [0.3, 0.4) is 0 Å². The molecule has 0 aromatic heterocycles. The van der Waals surface area contributed by atoms with E-state index in [1.54, 1.807) is 0 Å². The fraction of sp³-hybridized carbons (Fsp3) is 0.913. The average molecular weight is 400 g/mol. The number of carbonyl (C=O) groups excluding carboxylic acids is 2. The van der Waals surface area contributed by atoms with Crippen molar-refractivity contribution in [2.24, 2.45) is 11.7 Å². The second kappa shape index (κ2) is 20.6. The van der Waals surface area contributed by atoms with Crippen LogP contribution < -0.4 is 11.1 Å². The molecule has 2 atom stereocenters. The summed E-state index contributed by atoms with van der Waals surface area (Å²) in [6.07, 6.45) is 10.9. The van der Waals surface area contributed by atoms with Gasteiger partial charge in [0.2, 0.25) is 11.8 Å². The van der Waals surface area contributed by atoms with Gasteiger partial charge in [-0.1, -0.05) is 60.8 Å². The number of nitrogens with one attached hydrogen (secondary N) is 1. The van der Waals surface area contributed by atoms with Gasteiger partial charge in [0.05, 0.1) is 0 Å². The minimum Gasteiger partial charge on any atom is -0.370 e. The molecule has 0 aromatic carbocycles. The number of likely N-dealkylation sites (tertiary alicyclic amines) is 1. The van der Waals surface area contributed by atoms with E-state index < -0.39 is 0 Å². The summed E-state index contributed by atoms with van der Waals surface area (Å²) in [6, 6.07) is 0.713. The first kappa shape index (κ1) is 29.1. The van der Waals surface area contributed by atoms with Gasteiger partial charge >= 0.3 is 0 Å². The third-order valence-corrected chi connectivity index (χ3v) is 5.06. The molecule has 5 nitrogen and oxygen atoms in total. The molecule has 2 amide bonds. The minimum atomic E-state index is -0.211. The molecule has 0 saturated carbocycles. The van der Waals surface area contributed by atoms with Crippen LogP contribution in [0.15, 0.2) is 0 Å². The molecule has 0 bridgehead atoms. The van der Waals surface area contributed by atoms with Gasteiger partial charge in [0.15, 0.2) is 0 Å². The first-order chi connectivity index (χ1) is 13.5. The van der Waals surface area contributed by atoms with Crippen LogP contribution >= 0.6 is 0 Å². The van der Waals surface area contributed by atoms with E-state index in [1.807, 2.05) is 20.8 Å². The highest BCUT2D eigenvalue weighted by Gasteiger charge is 2.28. The number of hydrogen-bond donors (Lipinski definition) is 2. The summed E-state index contributed by atoms with van der Waals surface area (Å²) < 4.78 is 0. The normalized spacial score (nSPS) is 17.0. The Morgan fingerprint density at radius 3 is 2.21 bits per heavy atom. The third-order valence-electron chi connectivity index (χ3n) is 5.06. The summed E-state index contributed by atoms with van der Waals surface area (Å²) in [6.45, 7) is 15.7. The van der Waals surface area contributed by atoms with Crippen molar-refractivity contribution in [2.75, 3.05) is 19.6 Å². The van der Waals surface area contributed by atoms with E-state index in [4.69, 9.17) is 5.73 Å². The van der Waals surface area contributed by atoms with E-state index in [2.05, 4.69) is 31.0 Å². The molecule has 1 aliphatic rings. The van der Waals surface area contributed by atoms with E-state index in [1.165, 1.54) is 38.6 Å². The summed E-state index contributed by atoms with van der Waals surface area (Å²) in [4.78, 5) is 24.2. The quantitative estimate of drug-likeness (QED) is 0.459. The predicted octanol–water partition coefficient (Wildman–Crippen LogP) is 4.88. The van der Waals surface area contributed by atoms with Gasteiger partial charge in [-0.15, -0.1) is 0 Å². The van der Waals surface area contributed by atoms with Crippen LogP contribution in [0.4, 0.5) is 0 Å². The molecule has 1 fully saturated rings. The van der Waals surface area contributed by atoms with E-state index >= 15 is 0 Å². The molecule has 1 saturated heterocycles. The van der Waals surface area contributed by atoms with E-state index in [0.29, 0.717) is 18.9 Å². The van der Waals surface area contributed by atoms with Gasteiger partial charge in [-0.05, 0) is 44.6 Å². The van der Waals surface area contributed by atoms with Crippen LogP contribution in [-0.4, -0.2) is 42.4 Å². The van der Waals surface area contributed by atoms with Crippen LogP contribution in [0.1, 0.15) is 106 Å². The zero-order chi connectivity index (χ0) is 21.8. The van der Waals surface area contributed by atoms with Crippen LogP contribution in [0.2, 0.25) is 0 Å². The van der Waals surface area contributed by atoms with Crippen LogP contribution in [0.5, 0.6) is 0 Å². The molecule has 0 aliphatic carbocycles. The molecule has 0 radical (unpaired) electrons. The zero-order valence-corrected chi connectivity index (χ0v) is 19.7. The molecule has 1 rings (SSSR count). The number of primary amides is 1. The molecular formula is C23H49N3O2. The lowest BCUT2D eigenvalue weighted by Gasteiger charge is -2.29. The Labute approximate surface area is 175 Å². The number of unbranched alkanes of at least 4 members (excludes halogenated alkanes) is 2. The van der Waals surface area contributed by atoms with Crippen LogP contribution in [-0.2, 0) is 9.59 Å². The third kappa shape index (κ3) is 15.9. The van der Waals surface area contributed by atoms with Crippen molar-refractivity contribution < 1.29 is 9.59 Å². The Bertz CT molecular complexity index is 375. The van der Waals surface area contributed by atoms with Crippen molar-refractivity contribution in [1.82, 2.24) is 10.2 Å². The van der Waals surface area contributed by atoms with Gasteiger partial charge in [0.25, 0.3) is 0 Å². The molecule has 168 valence electrons. The number of rotatable bonds is 12. The van der Waals surface area contributed by atoms with Crippen molar-refractivity contribution in [3.63, 3.8) is 0 Å². The second-order valence-electron chi connectivity index (χ2n) is 7.53. The van der Waals surface area contributed by atoms with Crippen molar-refractivity contribution in [1.29, 1.82) is 0 Å². The van der Waals surface area contributed by atoms with E-state index in [9.17, 15) is 9.59 Å². The Morgan fingerprint density at radius 1 is 1.07 bits per heavy atom. The first-order valence-corrected chi connectivity index (χ1v) is 11.7. The minimum absolute atomic E-state index is 0.211. The standard InChI is InChI=1S/C17H34N2O.C4H9NO.C2H6/c1-4-6-9-15(3)16-10-8-13-19(16)14-11-17(20)18-12-7-5-2;1-2-3-4(5)6;1-2/h15-16H,4-14H2,1-3H3,(H,18,20);2-3H2,1H3,(H2,5,6);1-2H3. The lowest BCUT2D eigenvalue weighted by molar-refractivity contribution is -0.121. The summed E-state index contributed by atoms with van der Waals surface area (Å²) >= 11 is 0. The topological polar surface area (TPSA) is 75.4 Å². The number of hydrogen-bond acceptors (Lipinski definition) is 3. The van der Waals surface area contributed by atoms with Gasteiger partial charge in [-0.2, -0.15) is 0 Å². The van der Waals surface area contributed by atoms with Crippen LogP contribution in [0, 0.1) is 5.92 Å². The van der Waals surface area contributed by atoms with Crippen LogP contribution in [0.25, 0.3) is 0 Å². The van der Waals surface area contributed by atoms with Crippen molar-refractivity contribution in [3.05, 3.63) is 0 Å². The molecule has 1 aliphatic heterocycles. The smallest absolute Gasteiger partial charge is 0.221 e. The highest BCUT2D eigenvalue weighted by Crippen LogP contribution is 2.27. The van der Waals surface area contributed by atoms with Gasteiger partial charge in [-0.25, -0.2) is 0 Å². The van der Waals surface area contributed by atoms with E-state index in [-0.39, 0.29) is 11.8 Å². The summed E-state index contributed by atoms with van der Waals surface area (Å²) in [5.41, 5.74) is 4.76. The monoisotopic (exact) mass is 399 g/mol. The maximum absolute atomic E-state index is 11.8. The summed E-state index contributed by atoms with van der Waals surface area (Å²) in [7, 11) is 0. The summed E-state index contributed by atoms with van der Waals surface area (Å²) in [5, 5.41) is 3.02. The second-order valence-corrected chi connectivity index (χ2v) is 7.53. The average Bonchev–Trinajstić information content (AvgIpc) is 3.15. The molecular weight excluding hydrogens is 350 g/mol. The number of nitrogens with two attached hydrogens (primary N) is 1. The zero-order valence-electron chi connectivity index (χ0n) is 19.7. The predicted molar refractivity (Wildman–Crippen MR) is 121 cm³/mol. The Balaban J connectivity index is 0. The fourth-order valence-corrected chi connectivity index (χ4v) is 3.48. The van der Waals surface area contributed by atoms with Crippen molar-refractivity contribution in [3.8, 4) is 0 Å². The van der Waals surface area contributed by atoms with Gasteiger partial charge in [0.1, 0.15) is 0 Å². The van der Waals surface area contributed by atoms with Gasteiger partial charge < -0.3 is 11.1 Å². The van der Waals surface area contributed by atoms with Crippen molar-refractivity contribution >= 4 is 11.8 Å². The highest BCUT2D eigenvalue weighted by molar-refractivity contribution is 5.76.